The predicted molar refractivity (Wildman–Crippen MR) is 115 cm³/mol. The van der Waals surface area contributed by atoms with Gasteiger partial charge in [-0.25, -0.2) is 23.5 Å². The van der Waals surface area contributed by atoms with E-state index in [1.54, 1.807) is 19.9 Å². The number of aromatic amines is 2. The van der Waals surface area contributed by atoms with Crippen LogP contribution in [0.15, 0.2) is 55.8 Å². The van der Waals surface area contributed by atoms with Gasteiger partial charge in [-0.15, -0.1) is 0 Å². The zero-order valence-corrected chi connectivity index (χ0v) is 17.9. The highest BCUT2D eigenvalue weighted by Crippen LogP contribution is 2.23. The second-order valence-corrected chi connectivity index (χ2v) is 7.35. The number of H-pyrrole nitrogens is 2. The molecule has 2 aromatic heterocycles. The van der Waals surface area contributed by atoms with Crippen LogP contribution in [0.3, 0.4) is 0 Å². The Kier molecular flexibility index (Phi) is 7.06. The Morgan fingerprint density at radius 3 is 2.55 bits per heavy atom. The molecular weight excluding hydrogens is 437 g/mol. The van der Waals surface area contributed by atoms with Gasteiger partial charge in [-0.3, -0.25) is 19.1 Å². The van der Waals surface area contributed by atoms with E-state index in [0.29, 0.717) is 10.3 Å². The van der Waals surface area contributed by atoms with E-state index in [9.17, 15) is 23.6 Å². The van der Waals surface area contributed by atoms with E-state index in [2.05, 4.69) is 15.0 Å². The number of halogens is 1. The lowest BCUT2D eigenvalue weighted by Gasteiger charge is -2.11. The Labute approximate surface area is 185 Å². The van der Waals surface area contributed by atoms with Crippen molar-refractivity contribution in [3.05, 3.63) is 84.8 Å². The average molecular weight is 459 g/mol. The van der Waals surface area contributed by atoms with Crippen LogP contribution in [-0.2, 0) is 17.9 Å². The third kappa shape index (κ3) is 5.93. The minimum Gasteiger partial charge on any atom is -0.488 e. The summed E-state index contributed by atoms with van der Waals surface area (Å²) in [5.41, 5.74) is -1.90. The average Bonchev–Trinajstić information content (AvgIpc) is 2.72. The molecule has 0 saturated carbocycles. The Balaban J connectivity index is 2.16. The van der Waals surface area contributed by atoms with Gasteiger partial charge in [-0.1, -0.05) is 6.07 Å². The number of nitrogens with zero attached hydrogens (tertiary/aromatic N) is 3. The number of benzene rings is 1. The minimum atomic E-state index is -1.19. The normalized spacial score (nSPS) is 11.7. The number of carboxylic acid groups (broad SMARTS) is 1. The summed E-state index contributed by atoms with van der Waals surface area (Å²) in [6.45, 7) is 2.94. The summed E-state index contributed by atoms with van der Waals surface area (Å²) in [7, 11) is 0. The fourth-order valence-electron chi connectivity index (χ4n) is 2.98. The Morgan fingerprint density at radius 1 is 1.15 bits per heavy atom. The number of aliphatic carboxylic acids is 1. The molecule has 174 valence electrons. The summed E-state index contributed by atoms with van der Waals surface area (Å²) >= 11 is 0. The van der Waals surface area contributed by atoms with Gasteiger partial charge in [-0.2, -0.15) is 0 Å². The fraction of sp³-hybridized carbons (Fsp3) is 0.286. The number of carbonyl (C=O) groups is 1. The first kappa shape index (κ1) is 23.4. The first-order valence-electron chi connectivity index (χ1n) is 9.99. The molecule has 33 heavy (non-hydrogen) atoms. The van der Waals surface area contributed by atoms with Crippen LogP contribution in [0.2, 0.25) is 0 Å². The van der Waals surface area contributed by atoms with Crippen molar-refractivity contribution in [3.8, 4) is 5.75 Å². The van der Waals surface area contributed by atoms with Crippen LogP contribution < -0.4 is 27.3 Å². The maximum atomic E-state index is 14.4. The molecule has 3 N–H and O–H groups in total. The lowest BCUT2D eigenvalue weighted by Crippen LogP contribution is -2.50. The molecule has 0 amide bonds. The van der Waals surface area contributed by atoms with Crippen LogP contribution in [0.5, 0.6) is 5.75 Å². The van der Waals surface area contributed by atoms with Gasteiger partial charge in [0.15, 0.2) is 11.6 Å². The van der Waals surface area contributed by atoms with Crippen molar-refractivity contribution in [2.45, 2.75) is 39.5 Å². The number of hydrogen-bond acceptors (Lipinski definition) is 6. The Morgan fingerprint density at radius 2 is 1.91 bits per heavy atom. The second kappa shape index (κ2) is 9.94. The number of pyridine rings is 1. The minimum absolute atomic E-state index is 0.0243. The largest absolute Gasteiger partial charge is 0.488 e. The summed E-state index contributed by atoms with van der Waals surface area (Å²) < 4.78 is 21.5. The molecule has 0 saturated heterocycles. The molecule has 0 bridgehead atoms. The number of hydrogen-bond donors (Lipinski definition) is 3. The van der Waals surface area contributed by atoms with E-state index in [0.717, 1.165) is 10.6 Å². The zero-order valence-electron chi connectivity index (χ0n) is 17.9. The summed E-state index contributed by atoms with van der Waals surface area (Å²) in [5, 5.41) is 8.91. The number of carboxylic acids is 1. The molecule has 2 heterocycles. The van der Waals surface area contributed by atoms with Crippen molar-refractivity contribution in [2.75, 3.05) is 0 Å². The summed E-state index contributed by atoms with van der Waals surface area (Å²) in [6.07, 6.45) is -0.698. The van der Waals surface area contributed by atoms with Crippen LogP contribution in [0.4, 0.5) is 10.1 Å². The standard InChI is InChI=1S/C21H22FN5O6/c1-12(2)33-16-7-6-13(10-15(16)22)24-19-25-20(31)26(9-8-18(29)30)21(32)27(19)11-14-4-3-5-17(28)23-14/h3-7,10,12H,8-9,11H2,1-2H3,(H,23,28)(H,29,30)(H,24,25,31). The van der Waals surface area contributed by atoms with E-state index < -0.39 is 35.1 Å². The highest BCUT2D eigenvalue weighted by atomic mass is 19.1. The predicted octanol–water partition coefficient (Wildman–Crippen LogP) is 0.708. The second-order valence-electron chi connectivity index (χ2n) is 7.35. The molecule has 12 heteroatoms. The van der Waals surface area contributed by atoms with Crippen LogP contribution in [0.25, 0.3) is 0 Å². The topological polar surface area (TPSA) is 152 Å². The van der Waals surface area contributed by atoms with Crippen LogP contribution in [0.1, 0.15) is 26.0 Å². The zero-order chi connectivity index (χ0) is 24.1. The molecule has 0 radical (unpaired) electrons. The van der Waals surface area contributed by atoms with Crippen molar-refractivity contribution in [3.63, 3.8) is 0 Å². The van der Waals surface area contributed by atoms with Gasteiger partial charge in [-0.05, 0) is 32.0 Å². The lowest BCUT2D eigenvalue weighted by atomic mass is 10.3. The van der Waals surface area contributed by atoms with Gasteiger partial charge in [0.2, 0.25) is 11.2 Å². The van der Waals surface area contributed by atoms with E-state index >= 15 is 0 Å². The third-order valence-corrected chi connectivity index (χ3v) is 4.40. The monoisotopic (exact) mass is 459 g/mol. The lowest BCUT2D eigenvalue weighted by molar-refractivity contribution is -0.137. The van der Waals surface area contributed by atoms with Crippen molar-refractivity contribution >= 4 is 11.7 Å². The molecule has 3 rings (SSSR count). The molecule has 0 atom stereocenters. The molecule has 0 aliphatic carbocycles. The summed E-state index contributed by atoms with van der Waals surface area (Å²) in [5.74, 6) is -1.84. The van der Waals surface area contributed by atoms with Crippen molar-refractivity contribution in [2.24, 2.45) is 4.99 Å². The molecule has 0 aliphatic rings. The molecular formula is C21H22FN5O6. The Bertz CT molecular complexity index is 1420. The maximum Gasteiger partial charge on any atom is 0.335 e. The number of rotatable bonds is 8. The fourth-order valence-corrected chi connectivity index (χ4v) is 2.98. The van der Waals surface area contributed by atoms with Gasteiger partial charge in [0.1, 0.15) is 0 Å². The van der Waals surface area contributed by atoms with Crippen LogP contribution >= 0.6 is 0 Å². The highest BCUT2D eigenvalue weighted by molar-refractivity contribution is 5.66. The van der Waals surface area contributed by atoms with Crippen LogP contribution in [-0.4, -0.2) is 36.3 Å². The summed E-state index contributed by atoms with van der Waals surface area (Å²) in [4.78, 5) is 57.2. The number of nitrogens with one attached hydrogen (secondary N) is 2. The quantitative estimate of drug-likeness (QED) is 0.451. The van der Waals surface area contributed by atoms with E-state index in [-0.39, 0.29) is 36.2 Å². The smallest absolute Gasteiger partial charge is 0.335 e. The van der Waals surface area contributed by atoms with Gasteiger partial charge in [0.25, 0.3) is 0 Å². The highest BCUT2D eigenvalue weighted by Gasteiger charge is 2.12. The van der Waals surface area contributed by atoms with Gasteiger partial charge >= 0.3 is 17.3 Å². The molecule has 0 fully saturated rings. The Hall–Kier alpha value is -4.22. The number of aromatic nitrogens is 4. The first-order chi connectivity index (χ1) is 15.6. The molecule has 11 nitrogen and oxygen atoms in total. The molecule has 0 spiro atoms. The first-order valence-corrected chi connectivity index (χ1v) is 9.99. The third-order valence-electron chi connectivity index (χ3n) is 4.40. The van der Waals surface area contributed by atoms with Crippen molar-refractivity contribution in [1.29, 1.82) is 0 Å². The summed E-state index contributed by atoms with van der Waals surface area (Å²) in [6, 6.07) is 8.25. The maximum absolute atomic E-state index is 14.4. The number of ether oxygens (including phenoxy) is 1. The molecule has 3 aromatic rings. The van der Waals surface area contributed by atoms with Crippen molar-refractivity contribution in [1.82, 2.24) is 19.1 Å². The van der Waals surface area contributed by atoms with Gasteiger partial charge in [0, 0.05) is 24.4 Å². The molecule has 0 aliphatic heterocycles. The van der Waals surface area contributed by atoms with Crippen LogP contribution in [0, 0.1) is 5.82 Å². The molecule has 0 unspecified atom stereocenters. The van der Waals surface area contributed by atoms with E-state index in [1.165, 1.54) is 24.3 Å². The molecule has 1 aromatic carbocycles. The van der Waals surface area contributed by atoms with E-state index in [1.807, 2.05) is 0 Å². The van der Waals surface area contributed by atoms with Crippen molar-refractivity contribution < 1.29 is 19.0 Å². The van der Waals surface area contributed by atoms with Gasteiger partial charge in [0.05, 0.1) is 24.8 Å². The SMILES string of the molecule is CC(C)Oc1ccc(/N=c2\[nH]c(=O)n(CCC(=O)O)c(=O)n2Cc2cccc(=O)[nH]2)cc1F. The van der Waals surface area contributed by atoms with Gasteiger partial charge < -0.3 is 14.8 Å². The van der Waals surface area contributed by atoms with E-state index in [4.69, 9.17) is 9.84 Å².